The van der Waals surface area contributed by atoms with Crippen LogP contribution in [-0.2, 0) is 9.53 Å². The second-order valence-corrected chi connectivity index (χ2v) is 11.0. The number of hydrogen-bond acceptors (Lipinski definition) is 3. The number of allylic oxidation sites excluding steroid dienone is 2. The molecule has 28 heavy (non-hydrogen) atoms. The molecule has 0 amide bonds. The lowest BCUT2D eigenvalue weighted by molar-refractivity contribution is -0.152. The van der Waals surface area contributed by atoms with Gasteiger partial charge in [0, 0.05) is 6.92 Å². The van der Waals surface area contributed by atoms with Gasteiger partial charge >= 0.3 is 5.97 Å². The highest BCUT2D eigenvalue weighted by atomic mass is 16.5. The molecule has 3 saturated carbocycles. The van der Waals surface area contributed by atoms with E-state index in [2.05, 4.69) is 39.2 Å². The molecule has 3 fully saturated rings. The number of rotatable bonds is 4. The van der Waals surface area contributed by atoms with Crippen LogP contribution < -0.4 is 5.32 Å². The third-order valence-corrected chi connectivity index (χ3v) is 9.65. The quantitative estimate of drug-likeness (QED) is 0.522. The average Bonchev–Trinajstić information content (AvgIpc) is 2.99. The van der Waals surface area contributed by atoms with Crippen molar-refractivity contribution in [2.24, 2.45) is 40.4 Å². The lowest BCUT2D eigenvalue weighted by Crippen LogP contribution is -2.50. The number of carbonyl (C=O) groups is 1. The van der Waals surface area contributed by atoms with Gasteiger partial charge in [0.05, 0.1) is 0 Å². The zero-order valence-corrected chi connectivity index (χ0v) is 18.7. The molecule has 0 bridgehead atoms. The summed E-state index contributed by atoms with van der Waals surface area (Å²) in [5.41, 5.74) is 2.74. The number of esters is 1. The van der Waals surface area contributed by atoms with Crippen LogP contribution in [0.25, 0.3) is 0 Å². The van der Waals surface area contributed by atoms with E-state index >= 15 is 0 Å². The van der Waals surface area contributed by atoms with Gasteiger partial charge in [0.2, 0.25) is 0 Å². The Bertz CT molecular complexity index is 642. The molecule has 0 heterocycles. The van der Waals surface area contributed by atoms with E-state index < -0.39 is 0 Å². The van der Waals surface area contributed by atoms with Gasteiger partial charge in [-0.25, -0.2) is 0 Å². The standard InChI is InChI=1S/C25H41NO2/c1-16(15-26-5)21-8-9-22-20-7-6-18-14-19(28-17(2)27)10-12-24(18,3)23(20)11-13-25(21,22)4/h7,16,18-19,21-23,26H,6,8-15H2,1-5H3/t16-,18?,19+,21?,22?,23?,24+,25-/m1/s1. The van der Waals surface area contributed by atoms with Crippen molar-refractivity contribution < 1.29 is 9.53 Å². The zero-order chi connectivity index (χ0) is 20.1. The maximum absolute atomic E-state index is 11.4. The first kappa shape index (κ1) is 20.4. The summed E-state index contributed by atoms with van der Waals surface area (Å²) in [5, 5.41) is 3.42. The van der Waals surface area contributed by atoms with E-state index in [1.54, 1.807) is 6.92 Å². The molecule has 4 aliphatic rings. The minimum Gasteiger partial charge on any atom is -0.463 e. The summed E-state index contributed by atoms with van der Waals surface area (Å²) < 4.78 is 5.60. The number of fused-ring (bicyclic) bond motifs is 5. The molecule has 0 saturated heterocycles. The van der Waals surface area contributed by atoms with Crippen molar-refractivity contribution in [3.8, 4) is 0 Å². The fraction of sp³-hybridized carbons (Fsp3) is 0.880. The molecular formula is C25H41NO2. The SMILES string of the molecule is CNC[C@@H](C)C1CCC2C3=CCC4C[C@@H](OC(C)=O)CC[C@]4(C)C3CC[C@@]21C. The van der Waals surface area contributed by atoms with Crippen molar-refractivity contribution in [2.75, 3.05) is 13.6 Å². The average molecular weight is 388 g/mol. The monoisotopic (exact) mass is 387 g/mol. The van der Waals surface area contributed by atoms with Crippen molar-refractivity contribution in [1.29, 1.82) is 0 Å². The Hall–Kier alpha value is -0.830. The van der Waals surface area contributed by atoms with Crippen molar-refractivity contribution in [3.63, 3.8) is 0 Å². The summed E-state index contributed by atoms with van der Waals surface area (Å²) in [4.78, 5) is 11.4. The highest BCUT2D eigenvalue weighted by Gasteiger charge is 2.58. The third-order valence-electron chi connectivity index (χ3n) is 9.65. The van der Waals surface area contributed by atoms with Crippen LogP contribution in [-0.4, -0.2) is 25.7 Å². The first-order valence-corrected chi connectivity index (χ1v) is 11.8. The summed E-state index contributed by atoms with van der Waals surface area (Å²) in [6.07, 6.45) is 12.9. The molecule has 158 valence electrons. The molecular weight excluding hydrogens is 346 g/mol. The van der Waals surface area contributed by atoms with E-state index in [0.717, 1.165) is 43.1 Å². The van der Waals surface area contributed by atoms with Gasteiger partial charge in [-0.3, -0.25) is 4.79 Å². The molecule has 3 heteroatoms. The molecule has 0 spiro atoms. The normalized spacial score (nSPS) is 46.0. The van der Waals surface area contributed by atoms with Gasteiger partial charge in [0.1, 0.15) is 6.10 Å². The van der Waals surface area contributed by atoms with Gasteiger partial charge in [-0.05, 0) is 105 Å². The Morgan fingerprint density at radius 1 is 1.18 bits per heavy atom. The van der Waals surface area contributed by atoms with Gasteiger partial charge < -0.3 is 10.1 Å². The number of nitrogens with one attached hydrogen (secondary N) is 1. The fourth-order valence-electron chi connectivity index (χ4n) is 8.25. The van der Waals surface area contributed by atoms with Gasteiger partial charge in [0.25, 0.3) is 0 Å². The van der Waals surface area contributed by atoms with Gasteiger partial charge in [-0.1, -0.05) is 32.4 Å². The first-order valence-electron chi connectivity index (χ1n) is 11.8. The summed E-state index contributed by atoms with van der Waals surface area (Å²) in [7, 11) is 2.10. The molecule has 4 aliphatic carbocycles. The van der Waals surface area contributed by atoms with Crippen molar-refractivity contribution in [3.05, 3.63) is 11.6 Å². The molecule has 8 atom stereocenters. The molecule has 4 unspecified atom stereocenters. The molecule has 0 aliphatic heterocycles. The zero-order valence-electron chi connectivity index (χ0n) is 18.7. The summed E-state index contributed by atoms with van der Waals surface area (Å²) >= 11 is 0. The van der Waals surface area contributed by atoms with E-state index in [1.165, 1.54) is 38.5 Å². The highest BCUT2D eigenvalue weighted by molar-refractivity contribution is 5.66. The van der Waals surface area contributed by atoms with Crippen LogP contribution in [0.2, 0.25) is 0 Å². The maximum atomic E-state index is 11.4. The Morgan fingerprint density at radius 3 is 2.61 bits per heavy atom. The molecule has 3 nitrogen and oxygen atoms in total. The van der Waals surface area contributed by atoms with Gasteiger partial charge in [0.15, 0.2) is 0 Å². The van der Waals surface area contributed by atoms with E-state index in [4.69, 9.17) is 4.74 Å². The number of hydrogen-bond donors (Lipinski definition) is 1. The predicted molar refractivity (Wildman–Crippen MR) is 114 cm³/mol. The van der Waals surface area contributed by atoms with E-state index in [0.29, 0.717) is 16.7 Å². The third kappa shape index (κ3) is 3.16. The van der Waals surface area contributed by atoms with Crippen LogP contribution in [0.15, 0.2) is 11.6 Å². The summed E-state index contributed by atoms with van der Waals surface area (Å²) in [5.74, 6) is 3.77. The van der Waals surface area contributed by atoms with Crippen molar-refractivity contribution in [2.45, 2.75) is 85.2 Å². The smallest absolute Gasteiger partial charge is 0.302 e. The molecule has 0 radical (unpaired) electrons. The van der Waals surface area contributed by atoms with Crippen LogP contribution in [0, 0.1) is 40.4 Å². The van der Waals surface area contributed by atoms with Crippen LogP contribution in [0.1, 0.15) is 79.1 Å². The lowest BCUT2D eigenvalue weighted by atomic mass is 9.47. The van der Waals surface area contributed by atoms with Crippen molar-refractivity contribution >= 4 is 5.97 Å². The summed E-state index contributed by atoms with van der Waals surface area (Å²) in [6.45, 7) is 10.3. The van der Waals surface area contributed by atoms with Crippen LogP contribution in [0.5, 0.6) is 0 Å². The number of ether oxygens (including phenoxy) is 1. The predicted octanol–water partition coefficient (Wildman–Crippen LogP) is 5.35. The minimum absolute atomic E-state index is 0.109. The lowest BCUT2D eigenvalue weighted by Gasteiger charge is -2.58. The van der Waals surface area contributed by atoms with Crippen LogP contribution in [0.3, 0.4) is 0 Å². The Morgan fingerprint density at radius 2 is 1.89 bits per heavy atom. The molecule has 0 aromatic heterocycles. The topological polar surface area (TPSA) is 38.3 Å². The van der Waals surface area contributed by atoms with Crippen LogP contribution in [0.4, 0.5) is 0 Å². The molecule has 4 rings (SSSR count). The Balaban J connectivity index is 1.55. The first-order chi connectivity index (χ1) is 13.3. The van der Waals surface area contributed by atoms with Crippen LogP contribution >= 0.6 is 0 Å². The number of carbonyl (C=O) groups excluding carboxylic acids is 1. The molecule has 0 aromatic rings. The second kappa shape index (κ2) is 7.45. The Labute approximate surface area is 172 Å². The Kier molecular flexibility index (Phi) is 5.44. The maximum Gasteiger partial charge on any atom is 0.302 e. The van der Waals surface area contributed by atoms with E-state index in [9.17, 15) is 4.79 Å². The minimum atomic E-state index is -0.109. The van der Waals surface area contributed by atoms with Gasteiger partial charge in [-0.2, -0.15) is 0 Å². The largest absolute Gasteiger partial charge is 0.463 e. The molecule has 0 aromatic carbocycles. The molecule has 1 N–H and O–H groups in total. The summed E-state index contributed by atoms with van der Waals surface area (Å²) in [6, 6.07) is 0. The second-order valence-electron chi connectivity index (χ2n) is 11.0. The van der Waals surface area contributed by atoms with Crippen molar-refractivity contribution in [1.82, 2.24) is 5.32 Å². The highest BCUT2D eigenvalue weighted by Crippen LogP contribution is 2.66. The van der Waals surface area contributed by atoms with Gasteiger partial charge in [-0.15, -0.1) is 0 Å². The van der Waals surface area contributed by atoms with E-state index in [-0.39, 0.29) is 12.1 Å². The fourth-order valence-corrected chi connectivity index (χ4v) is 8.25. The van der Waals surface area contributed by atoms with E-state index in [1.807, 2.05) is 5.57 Å².